The van der Waals surface area contributed by atoms with Gasteiger partial charge < -0.3 is 9.79 Å². The smallest absolute Gasteiger partial charge is 0.294 e. The maximum Gasteiger partial charge on any atom is 0.294 e. The number of hydrogen-bond acceptors (Lipinski definition) is 11. The predicted molar refractivity (Wildman–Crippen MR) is 177 cm³/mol. The third-order valence-electron chi connectivity index (χ3n) is 8.26. The summed E-state index contributed by atoms with van der Waals surface area (Å²) in [6, 6.07) is 9.36. The largest absolute Gasteiger partial charge is 0.344 e. The molecule has 0 fully saturated rings. The lowest BCUT2D eigenvalue weighted by atomic mass is 9.81. The van der Waals surface area contributed by atoms with E-state index >= 15 is 0 Å². The van der Waals surface area contributed by atoms with Crippen LogP contribution in [0.15, 0.2) is 65.2 Å². The first-order valence-corrected chi connectivity index (χ1v) is 19.3. The molecule has 0 saturated heterocycles. The Balaban J connectivity index is 1.79. The molecule has 0 saturated carbocycles. The molecule has 0 amide bonds. The lowest BCUT2D eigenvalue weighted by Gasteiger charge is -2.27. The summed E-state index contributed by atoms with van der Waals surface area (Å²) in [4.78, 5) is 6.65. The summed E-state index contributed by atoms with van der Waals surface area (Å²) in [5.74, 6) is -0.595. The average molecular weight is 734 g/mol. The van der Waals surface area contributed by atoms with Gasteiger partial charge in [0.1, 0.15) is 6.54 Å². The van der Waals surface area contributed by atoms with Crippen molar-refractivity contribution in [2.75, 3.05) is 29.5 Å². The van der Waals surface area contributed by atoms with E-state index in [4.69, 9.17) is 4.89 Å². The topological polar surface area (TPSA) is 197 Å². The minimum Gasteiger partial charge on any atom is -0.344 e. The van der Waals surface area contributed by atoms with Gasteiger partial charge in [0.2, 0.25) is 5.69 Å². The van der Waals surface area contributed by atoms with Gasteiger partial charge in [0, 0.05) is 60.4 Å². The lowest BCUT2D eigenvalue weighted by Crippen LogP contribution is -2.29. The van der Waals surface area contributed by atoms with Crippen LogP contribution in [0.1, 0.15) is 51.7 Å². The molecule has 2 aromatic carbocycles. The van der Waals surface area contributed by atoms with Gasteiger partial charge in [-0.15, -0.1) is 4.33 Å². The van der Waals surface area contributed by atoms with Crippen molar-refractivity contribution in [3.63, 3.8) is 0 Å². The predicted octanol–water partition coefficient (Wildman–Crippen LogP) is 4.19. The molecule has 0 aliphatic carbocycles. The Hall–Kier alpha value is -2.81. The van der Waals surface area contributed by atoms with E-state index in [1.807, 2.05) is 49.3 Å². The molecule has 2 aliphatic rings. The highest BCUT2D eigenvalue weighted by molar-refractivity contribution is 7.86. The molecule has 18 heteroatoms. The van der Waals surface area contributed by atoms with Crippen molar-refractivity contribution in [2.24, 2.45) is 0 Å². The van der Waals surface area contributed by atoms with Crippen LogP contribution >= 0.6 is 12.9 Å². The Morgan fingerprint density at radius 1 is 0.872 bits per heavy atom. The van der Waals surface area contributed by atoms with E-state index < -0.39 is 52.7 Å². The quantitative estimate of drug-likeness (QED) is 0.0539. The van der Waals surface area contributed by atoms with Gasteiger partial charge in [0.15, 0.2) is 11.5 Å². The molecule has 3 N–H and O–H groups in total. The second-order valence-electron chi connectivity index (χ2n) is 12.2. The number of rotatable bonds is 14. The summed E-state index contributed by atoms with van der Waals surface area (Å²) >= 11 is 3.49. The normalized spacial score (nSPS) is 18.3. The van der Waals surface area contributed by atoms with E-state index in [1.165, 1.54) is 12.1 Å². The number of allylic oxidation sites excluding steroid dienone is 4. The van der Waals surface area contributed by atoms with Gasteiger partial charge in [-0.25, -0.2) is 0 Å². The van der Waals surface area contributed by atoms with E-state index in [1.54, 1.807) is 30.3 Å². The first-order chi connectivity index (χ1) is 21.7. The van der Waals surface area contributed by atoms with Gasteiger partial charge in [-0.2, -0.15) is 29.8 Å². The standard InChI is InChI=1S/C29H36N2O12S4/c1-28(2)22-18-20(41-42-43-44)10-12-24(22)30(14-6-16-45(32,33)34)26(28)8-5-9-27-29(3,4)23-19-21(47(38,39)40)11-13-25(23)31(27)15-7-17-46(35,36)37/h5,8-13,18-19H,6-7,14-17H2,1-4H3,(H3-,32,33,34,35,36,37,38,39,40,44)/p+1. The Morgan fingerprint density at radius 3 is 2.15 bits per heavy atom. The van der Waals surface area contributed by atoms with Crippen LogP contribution in [-0.2, 0) is 50.6 Å². The summed E-state index contributed by atoms with van der Waals surface area (Å²) in [6.07, 6.45) is 5.66. The summed E-state index contributed by atoms with van der Waals surface area (Å²) in [6.45, 7) is 8.09. The van der Waals surface area contributed by atoms with E-state index in [9.17, 15) is 38.9 Å². The number of hydrogen-bond donors (Lipinski definition) is 4. The summed E-state index contributed by atoms with van der Waals surface area (Å²) in [5, 5.41) is 4.48. The van der Waals surface area contributed by atoms with Crippen LogP contribution in [-0.4, -0.2) is 73.8 Å². The molecule has 0 spiro atoms. The summed E-state index contributed by atoms with van der Waals surface area (Å²) in [7, 11) is -12.9. The second kappa shape index (κ2) is 13.6. The fourth-order valence-corrected chi connectivity index (χ4v) is 7.62. The highest BCUT2D eigenvalue weighted by Crippen LogP contribution is 2.49. The molecule has 47 heavy (non-hydrogen) atoms. The molecule has 4 rings (SSSR count). The zero-order chi connectivity index (χ0) is 35.0. The molecule has 258 valence electrons. The van der Waals surface area contributed by atoms with E-state index in [2.05, 4.69) is 22.3 Å². The maximum absolute atomic E-state index is 11.9. The van der Waals surface area contributed by atoms with Gasteiger partial charge in [-0.3, -0.25) is 13.7 Å². The highest BCUT2D eigenvalue weighted by Gasteiger charge is 2.45. The van der Waals surface area contributed by atoms with Crippen LogP contribution < -0.4 is 9.79 Å². The molecule has 0 bridgehead atoms. The molecule has 2 heterocycles. The average Bonchev–Trinajstić information content (AvgIpc) is 3.28. The minimum atomic E-state index is -4.50. The summed E-state index contributed by atoms with van der Waals surface area (Å²) < 4.78 is 104. The van der Waals surface area contributed by atoms with Crippen molar-refractivity contribution in [3.8, 4) is 5.75 Å². The number of fused-ring (bicyclic) bond motifs is 2. The maximum atomic E-state index is 11.9. The first kappa shape index (κ1) is 37.0. The molecular weight excluding hydrogens is 697 g/mol. The van der Waals surface area contributed by atoms with Crippen LogP contribution in [0, 0.1) is 0 Å². The zero-order valence-electron chi connectivity index (χ0n) is 26.0. The van der Waals surface area contributed by atoms with Gasteiger partial charge in [0.25, 0.3) is 30.4 Å². The van der Waals surface area contributed by atoms with Crippen molar-refractivity contribution in [3.05, 3.63) is 71.5 Å². The van der Waals surface area contributed by atoms with Crippen LogP contribution in [0.2, 0.25) is 0 Å². The number of nitrogens with zero attached hydrogens (tertiary/aromatic N) is 2. The van der Waals surface area contributed by atoms with E-state index in [0.29, 0.717) is 22.7 Å². The third kappa shape index (κ3) is 8.44. The monoisotopic (exact) mass is 733 g/mol. The Kier molecular flexibility index (Phi) is 10.7. The van der Waals surface area contributed by atoms with Crippen molar-refractivity contribution < 1.29 is 57.7 Å². The molecule has 0 atom stereocenters. The van der Waals surface area contributed by atoms with Gasteiger partial charge in [-0.1, -0.05) is 19.9 Å². The number of benzene rings is 2. The SMILES string of the molecule is CC1(C)C(=CC=CC2=[N+](CCCS(=O)(=O)O)c3ccc(OOOS)cc3C2(C)C)N(CCCS(=O)(=O)O)c2ccc(S(=O)(=O)O)cc21. The Labute approximate surface area is 280 Å². The fourth-order valence-electron chi connectivity index (χ4n) is 6.10. The lowest BCUT2D eigenvalue weighted by molar-refractivity contribution is -0.437. The second-order valence-corrected chi connectivity index (χ2v) is 16.9. The van der Waals surface area contributed by atoms with E-state index in [0.717, 1.165) is 17.0 Å². The Bertz CT molecular complexity index is 1970. The van der Waals surface area contributed by atoms with Gasteiger partial charge in [-0.05, 0) is 67.3 Å². The Morgan fingerprint density at radius 2 is 1.53 bits per heavy atom. The van der Waals surface area contributed by atoms with Crippen molar-refractivity contribution >= 4 is 60.4 Å². The van der Waals surface area contributed by atoms with Gasteiger partial charge in [0.05, 0.1) is 21.8 Å². The molecule has 0 radical (unpaired) electrons. The zero-order valence-corrected chi connectivity index (χ0v) is 29.4. The van der Waals surface area contributed by atoms with Crippen molar-refractivity contribution in [2.45, 2.75) is 56.3 Å². The molecule has 2 aromatic rings. The van der Waals surface area contributed by atoms with Crippen LogP contribution in [0.4, 0.5) is 11.4 Å². The molecule has 0 aromatic heterocycles. The third-order valence-corrected chi connectivity index (χ3v) is 10.8. The fraction of sp³-hybridized carbons (Fsp3) is 0.414. The number of anilines is 1. The molecular formula is C29H37N2O12S4+. The minimum absolute atomic E-state index is 0.0725. The molecule has 0 unspecified atom stereocenters. The van der Waals surface area contributed by atoms with Crippen LogP contribution in [0.5, 0.6) is 5.75 Å². The highest BCUT2D eigenvalue weighted by atomic mass is 32.2. The van der Waals surface area contributed by atoms with Crippen molar-refractivity contribution in [1.82, 2.24) is 0 Å². The van der Waals surface area contributed by atoms with Crippen LogP contribution in [0.3, 0.4) is 0 Å². The molecule has 2 aliphatic heterocycles. The summed E-state index contributed by atoms with van der Waals surface area (Å²) in [5.41, 5.74) is 2.84. The molecule has 14 nitrogen and oxygen atoms in total. The number of thiol groups is 1. The first-order valence-electron chi connectivity index (χ1n) is 14.3. The van der Waals surface area contributed by atoms with Crippen molar-refractivity contribution in [1.29, 1.82) is 0 Å². The van der Waals surface area contributed by atoms with Crippen LogP contribution in [0.25, 0.3) is 0 Å². The van der Waals surface area contributed by atoms with E-state index in [-0.39, 0.29) is 30.8 Å². The van der Waals surface area contributed by atoms with Gasteiger partial charge >= 0.3 is 0 Å².